The van der Waals surface area contributed by atoms with Crippen LogP contribution in [-0.4, -0.2) is 25.5 Å². The molecule has 2 aromatic rings. The Morgan fingerprint density at radius 2 is 1.69 bits per heavy atom. The van der Waals surface area contributed by atoms with Gasteiger partial charge in [0.25, 0.3) is 0 Å². The summed E-state index contributed by atoms with van der Waals surface area (Å²) in [6.45, 7) is -6.30. The fourth-order valence-corrected chi connectivity index (χ4v) is 1.84. The number of para-hydroxylation sites is 1. The number of hydrogen-bond donors (Lipinski definition) is 2. The van der Waals surface area contributed by atoms with Crippen molar-refractivity contribution in [2.24, 2.45) is 5.10 Å². The van der Waals surface area contributed by atoms with E-state index < -0.39 is 25.0 Å². The fourth-order valence-electron chi connectivity index (χ4n) is 1.84. The SMILES string of the molecule is O=C(N/N=C\c1ccc(OC(F)F)cc1OC(F)F)Nc1ccccc1. The third kappa shape index (κ3) is 6.30. The lowest BCUT2D eigenvalue weighted by Gasteiger charge is -2.10. The van der Waals surface area contributed by atoms with E-state index in [-0.39, 0.29) is 11.3 Å². The molecule has 6 nitrogen and oxygen atoms in total. The Bertz CT molecular complexity index is 758. The molecule has 2 rings (SSSR count). The lowest BCUT2D eigenvalue weighted by atomic mass is 10.2. The van der Waals surface area contributed by atoms with Crippen molar-refractivity contribution < 1.29 is 31.8 Å². The summed E-state index contributed by atoms with van der Waals surface area (Å²) in [6.07, 6.45) is 1.02. The highest BCUT2D eigenvalue weighted by molar-refractivity contribution is 5.90. The summed E-state index contributed by atoms with van der Waals surface area (Å²) in [7, 11) is 0. The van der Waals surface area contributed by atoms with Crippen LogP contribution in [0.25, 0.3) is 0 Å². The van der Waals surface area contributed by atoms with E-state index in [1.165, 1.54) is 6.07 Å². The van der Waals surface area contributed by atoms with Gasteiger partial charge >= 0.3 is 19.3 Å². The highest BCUT2D eigenvalue weighted by Gasteiger charge is 2.12. The molecule has 138 valence electrons. The van der Waals surface area contributed by atoms with E-state index in [1.54, 1.807) is 30.3 Å². The number of alkyl halides is 4. The van der Waals surface area contributed by atoms with E-state index in [9.17, 15) is 22.4 Å². The predicted octanol–water partition coefficient (Wildman–Crippen LogP) is 4.05. The molecule has 0 radical (unpaired) electrons. The van der Waals surface area contributed by atoms with E-state index in [0.717, 1.165) is 18.3 Å². The smallest absolute Gasteiger partial charge is 0.387 e. The van der Waals surface area contributed by atoms with Crippen molar-refractivity contribution in [2.75, 3.05) is 5.32 Å². The van der Waals surface area contributed by atoms with Gasteiger partial charge in [0.15, 0.2) is 0 Å². The minimum Gasteiger partial charge on any atom is -0.435 e. The monoisotopic (exact) mass is 371 g/mol. The van der Waals surface area contributed by atoms with Crippen LogP contribution < -0.4 is 20.2 Å². The molecule has 2 amide bonds. The quantitative estimate of drug-likeness (QED) is 0.438. The summed E-state index contributed by atoms with van der Waals surface area (Å²) in [5.74, 6) is -0.797. The van der Waals surface area contributed by atoms with Gasteiger partial charge in [0.2, 0.25) is 0 Å². The van der Waals surface area contributed by atoms with Crippen LogP contribution in [0.2, 0.25) is 0 Å². The lowest BCUT2D eigenvalue weighted by molar-refractivity contribution is -0.0543. The zero-order valence-electron chi connectivity index (χ0n) is 13.0. The molecular formula is C16H13F4N3O3. The summed E-state index contributed by atoms with van der Waals surface area (Å²) in [6, 6.07) is 11.0. The highest BCUT2D eigenvalue weighted by Crippen LogP contribution is 2.26. The molecule has 10 heteroatoms. The normalized spacial score (nSPS) is 11.0. The second-order valence-electron chi connectivity index (χ2n) is 4.65. The Kier molecular flexibility index (Phi) is 6.77. The number of carbonyl (C=O) groups excluding carboxylic acids is 1. The molecule has 0 aliphatic heterocycles. The minimum absolute atomic E-state index is 0.0203. The topological polar surface area (TPSA) is 72.0 Å². The summed E-state index contributed by atoms with van der Waals surface area (Å²) >= 11 is 0. The number of benzene rings is 2. The van der Waals surface area contributed by atoms with Crippen LogP contribution in [0.4, 0.5) is 28.0 Å². The van der Waals surface area contributed by atoms with E-state index in [4.69, 9.17) is 0 Å². The van der Waals surface area contributed by atoms with E-state index in [2.05, 4.69) is 25.3 Å². The van der Waals surface area contributed by atoms with Crippen LogP contribution in [-0.2, 0) is 0 Å². The predicted molar refractivity (Wildman–Crippen MR) is 85.9 cm³/mol. The highest BCUT2D eigenvalue weighted by atomic mass is 19.3. The molecule has 0 heterocycles. The van der Waals surface area contributed by atoms with Gasteiger partial charge in [-0.25, -0.2) is 10.2 Å². The summed E-state index contributed by atoms with van der Waals surface area (Å²) in [5, 5.41) is 6.08. The number of ether oxygens (including phenoxy) is 2. The van der Waals surface area contributed by atoms with Crippen molar-refractivity contribution in [2.45, 2.75) is 13.2 Å². The molecule has 0 spiro atoms. The number of halogens is 4. The molecule has 0 saturated carbocycles. The van der Waals surface area contributed by atoms with Crippen LogP contribution in [0.5, 0.6) is 11.5 Å². The second kappa shape index (κ2) is 9.25. The largest absolute Gasteiger partial charge is 0.435 e. The van der Waals surface area contributed by atoms with Crippen LogP contribution in [0.1, 0.15) is 5.56 Å². The zero-order chi connectivity index (χ0) is 18.9. The molecular weight excluding hydrogens is 358 g/mol. The first-order valence-electron chi connectivity index (χ1n) is 7.13. The van der Waals surface area contributed by atoms with Gasteiger partial charge in [-0.05, 0) is 24.3 Å². The number of hydrogen-bond acceptors (Lipinski definition) is 4. The minimum atomic E-state index is -3.18. The van der Waals surface area contributed by atoms with E-state index >= 15 is 0 Å². The molecule has 0 bridgehead atoms. The first-order valence-corrected chi connectivity index (χ1v) is 7.13. The van der Waals surface area contributed by atoms with E-state index in [1.807, 2.05) is 0 Å². The fraction of sp³-hybridized carbons (Fsp3) is 0.125. The number of hydrazone groups is 1. The molecule has 0 unspecified atom stereocenters. The average Bonchev–Trinajstić information content (AvgIpc) is 2.56. The van der Waals surface area contributed by atoms with Gasteiger partial charge in [-0.2, -0.15) is 22.7 Å². The maximum absolute atomic E-state index is 12.5. The molecule has 0 atom stereocenters. The summed E-state index contributed by atoms with van der Waals surface area (Å²) < 4.78 is 57.7. The molecule has 0 saturated heterocycles. The van der Waals surface area contributed by atoms with Gasteiger partial charge in [-0.3, -0.25) is 0 Å². The number of anilines is 1. The summed E-state index contributed by atoms with van der Waals surface area (Å²) in [4.78, 5) is 11.7. The molecule has 2 aromatic carbocycles. The Labute approximate surface area is 145 Å². The van der Waals surface area contributed by atoms with Gasteiger partial charge in [0.1, 0.15) is 11.5 Å². The maximum Gasteiger partial charge on any atom is 0.387 e. The van der Waals surface area contributed by atoms with Crippen molar-refractivity contribution >= 4 is 17.9 Å². The van der Waals surface area contributed by atoms with Crippen LogP contribution in [0, 0.1) is 0 Å². The van der Waals surface area contributed by atoms with Crippen LogP contribution in [0.3, 0.4) is 0 Å². The molecule has 0 aromatic heterocycles. The molecule has 0 aliphatic carbocycles. The third-order valence-electron chi connectivity index (χ3n) is 2.83. The van der Waals surface area contributed by atoms with Crippen LogP contribution >= 0.6 is 0 Å². The number of nitrogens with zero attached hydrogens (tertiary/aromatic N) is 1. The zero-order valence-corrected chi connectivity index (χ0v) is 13.0. The maximum atomic E-state index is 12.5. The molecule has 26 heavy (non-hydrogen) atoms. The standard InChI is InChI=1S/C16H13F4N3O3/c17-14(18)25-12-7-6-10(13(8-12)26-15(19)20)9-21-23-16(24)22-11-4-2-1-3-5-11/h1-9,14-15H,(H2,22,23,24)/b21-9-. The third-order valence-corrected chi connectivity index (χ3v) is 2.83. The number of rotatable bonds is 7. The number of carbonyl (C=O) groups is 1. The Morgan fingerprint density at radius 3 is 2.35 bits per heavy atom. The van der Waals surface area contributed by atoms with Gasteiger partial charge in [-0.15, -0.1) is 0 Å². The van der Waals surface area contributed by atoms with Gasteiger partial charge in [-0.1, -0.05) is 18.2 Å². The van der Waals surface area contributed by atoms with Gasteiger partial charge in [0, 0.05) is 17.3 Å². The molecule has 0 aliphatic rings. The first kappa shape index (κ1) is 19.0. The van der Waals surface area contributed by atoms with E-state index in [0.29, 0.717) is 5.69 Å². The van der Waals surface area contributed by atoms with Gasteiger partial charge < -0.3 is 14.8 Å². The Morgan fingerprint density at radius 1 is 1.00 bits per heavy atom. The van der Waals surface area contributed by atoms with Gasteiger partial charge in [0.05, 0.1) is 6.21 Å². The first-order chi connectivity index (χ1) is 12.4. The van der Waals surface area contributed by atoms with Crippen LogP contribution in [0.15, 0.2) is 53.6 Å². The Balaban J connectivity index is 2.04. The van der Waals surface area contributed by atoms with Crippen molar-refractivity contribution in [3.8, 4) is 11.5 Å². The van der Waals surface area contributed by atoms with Crippen molar-refractivity contribution in [1.82, 2.24) is 5.43 Å². The van der Waals surface area contributed by atoms with Crippen molar-refractivity contribution in [3.63, 3.8) is 0 Å². The average molecular weight is 371 g/mol. The number of amides is 2. The molecule has 0 fully saturated rings. The van der Waals surface area contributed by atoms with Crippen molar-refractivity contribution in [1.29, 1.82) is 0 Å². The molecule has 2 N–H and O–H groups in total. The van der Waals surface area contributed by atoms with Crippen molar-refractivity contribution in [3.05, 3.63) is 54.1 Å². The Hall–Kier alpha value is -3.30. The second-order valence-corrected chi connectivity index (χ2v) is 4.65. The number of nitrogens with one attached hydrogen (secondary N) is 2. The summed E-state index contributed by atoms with van der Waals surface area (Å²) in [5.41, 5.74) is 2.68. The lowest BCUT2D eigenvalue weighted by Crippen LogP contribution is -2.24. The number of urea groups is 1.